The van der Waals surface area contributed by atoms with Gasteiger partial charge < -0.3 is 15.4 Å². The predicted octanol–water partition coefficient (Wildman–Crippen LogP) is 0.117. The summed E-state index contributed by atoms with van der Waals surface area (Å²) in [5.74, 6) is 0. The quantitative estimate of drug-likeness (QED) is 0.454. The van der Waals surface area contributed by atoms with Gasteiger partial charge in [0.1, 0.15) is 0 Å². The highest BCUT2D eigenvalue weighted by molar-refractivity contribution is 7.80. The summed E-state index contributed by atoms with van der Waals surface area (Å²) in [6, 6.07) is 0. The molecule has 0 spiro atoms. The van der Waals surface area contributed by atoms with E-state index in [1.165, 1.54) is 0 Å². The van der Waals surface area contributed by atoms with Gasteiger partial charge in [0.2, 0.25) is 0 Å². The van der Waals surface area contributed by atoms with Crippen LogP contribution in [0.5, 0.6) is 0 Å². The number of thiocarbonyl (C=S) groups is 1. The molecule has 60 valence electrons. The number of nitrogens with one attached hydrogen (secondary N) is 2. The fourth-order valence-electron chi connectivity index (χ4n) is 0.490. The fourth-order valence-corrected chi connectivity index (χ4v) is 0.736. The van der Waals surface area contributed by atoms with Crippen molar-refractivity contribution in [3.05, 3.63) is 0 Å². The fraction of sp³-hybridized carbons (Fsp3) is 0.833. The molecule has 0 fully saturated rings. The Hall–Kier alpha value is -0.350. The van der Waals surface area contributed by atoms with Crippen LogP contribution in [0.25, 0.3) is 0 Å². The largest absolute Gasteiger partial charge is 0.383 e. The van der Waals surface area contributed by atoms with Crippen molar-refractivity contribution in [1.82, 2.24) is 10.6 Å². The molecule has 0 aliphatic rings. The Bertz CT molecular complexity index is 97.7. The minimum Gasteiger partial charge on any atom is -0.383 e. The van der Waals surface area contributed by atoms with Crippen molar-refractivity contribution in [2.75, 3.05) is 26.8 Å². The lowest BCUT2D eigenvalue weighted by molar-refractivity contribution is 0.204. The summed E-state index contributed by atoms with van der Waals surface area (Å²) < 4.78 is 4.82. The molecule has 0 radical (unpaired) electrons. The molecule has 3 nitrogen and oxygen atoms in total. The Kier molecular flexibility index (Phi) is 6.53. The summed E-state index contributed by atoms with van der Waals surface area (Å²) >= 11 is 4.89. The molecule has 0 aliphatic carbocycles. The summed E-state index contributed by atoms with van der Waals surface area (Å²) in [5, 5.41) is 6.64. The second kappa shape index (κ2) is 6.77. The van der Waals surface area contributed by atoms with Gasteiger partial charge in [-0.15, -0.1) is 0 Å². The lowest BCUT2D eigenvalue weighted by Gasteiger charge is -2.06. The molecule has 0 unspecified atom stereocenters. The van der Waals surface area contributed by atoms with Gasteiger partial charge >= 0.3 is 0 Å². The molecule has 0 saturated heterocycles. The van der Waals surface area contributed by atoms with Crippen molar-refractivity contribution in [1.29, 1.82) is 0 Å². The zero-order valence-corrected chi connectivity index (χ0v) is 7.25. The van der Waals surface area contributed by atoms with E-state index in [4.69, 9.17) is 17.0 Å². The molecule has 0 amide bonds. The van der Waals surface area contributed by atoms with Crippen LogP contribution < -0.4 is 10.6 Å². The third-order valence-electron chi connectivity index (χ3n) is 0.929. The average Bonchev–Trinajstić information content (AvgIpc) is 1.89. The number of methoxy groups -OCH3 is 1. The molecule has 0 aromatic rings. The van der Waals surface area contributed by atoms with Crippen LogP contribution in [-0.4, -0.2) is 31.9 Å². The molecule has 0 bridgehead atoms. The van der Waals surface area contributed by atoms with E-state index in [2.05, 4.69) is 10.6 Å². The predicted molar refractivity (Wildman–Crippen MR) is 46.2 cm³/mol. The van der Waals surface area contributed by atoms with Crippen LogP contribution in [0.3, 0.4) is 0 Å². The summed E-state index contributed by atoms with van der Waals surface area (Å²) in [5.41, 5.74) is 0. The molecule has 0 heterocycles. The van der Waals surface area contributed by atoms with Gasteiger partial charge in [0.15, 0.2) is 5.11 Å². The minimum atomic E-state index is 0.686. The minimum absolute atomic E-state index is 0.686. The van der Waals surface area contributed by atoms with Crippen molar-refractivity contribution in [2.45, 2.75) is 6.92 Å². The summed E-state index contributed by atoms with van der Waals surface area (Å²) in [7, 11) is 1.66. The van der Waals surface area contributed by atoms with Crippen LogP contribution in [0, 0.1) is 0 Å². The molecule has 0 aromatic carbocycles. The SMILES string of the molecule is CCNC(=S)NCCOC. The second-order valence-electron chi connectivity index (χ2n) is 1.78. The van der Waals surface area contributed by atoms with Crippen molar-refractivity contribution in [2.24, 2.45) is 0 Å². The van der Waals surface area contributed by atoms with Gasteiger partial charge in [-0.05, 0) is 19.1 Å². The maximum absolute atomic E-state index is 4.89. The molecule has 4 heteroatoms. The normalized spacial score (nSPS) is 9.00. The van der Waals surface area contributed by atoms with Gasteiger partial charge in [0.25, 0.3) is 0 Å². The topological polar surface area (TPSA) is 33.3 Å². The lowest BCUT2D eigenvalue weighted by atomic mass is 10.7. The number of hydrogen-bond donors (Lipinski definition) is 2. The summed E-state index contributed by atoms with van der Waals surface area (Å²) in [6.45, 7) is 4.32. The molecule has 10 heavy (non-hydrogen) atoms. The van der Waals surface area contributed by atoms with E-state index >= 15 is 0 Å². The molecule has 0 aromatic heterocycles. The molecule has 0 saturated carbocycles. The molecule has 0 atom stereocenters. The van der Waals surface area contributed by atoms with Gasteiger partial charge in [-0.2, -0.15) is 0 Å². The first-order chi connectivity index (χ1) is 4.81. The monoisotopic (exact) mass is 162 g/mol. The Morgan fingerprint density at radius 3 is 2.70 bits per heavy atom. The second-order valence-corrected chi connectivity index (χ2v) is 2.19. The highest BCUT2D eigenvalue weighted by Gasteiger charge is 1.89. The number of rotatable bonds is 4. The summed E-state index contributed by atoms with van der Waals surface area (Å²) in [6.07, 6.45) is 0. The van der Waals surface area contributed by atoms with Crippen molar-refractivity contribution in [3.63, 3.8) is 0 Å². The zero-order chi connectivity index (χ0) is 7.82. The van der Waals surface area contributed by atoms with Crippen LogP contribution in [0.1, 0.15) is 6.92 Å². The highest BCUT2D eigenvalue weighted by Crippen LogP contribution is 1.67. The Labute approximate surface area is 67.1 Å². The van der Waals surface area contributed by atoms with E-state index in [0.29, 0.717) is 11.7 Å². The van der Waals surface area contributed by atoms with E-state index in [1.807, 2.05) is 6.92 Å². The van der Waals surface area contributed by atoms with Gasteiger partial charge in [-0.3, -0.25) is 0 Å². The van der Waals surface area contributed by atoms with Crippen LogP contribution in [0.4, 0.5) is 0 Å². The van der Waals surface area contributed by atoms with Crippen LogP contribution in [0.2, 0.25) is 0 Å². The van der Waals surface area contributed by atoms with E-state index in [-0.39, 0.29) is 0 Å². The molecular weight excluding hydrogens is 148 g/mol. The molecule has 2 N–H and O–H groups in total. The van der Waals surface area contributed by atoms with Crippen LogP contribution in [0.15, 0.2) is 0 Å². The smallest absolute Gasteiger partial charge is 0.166 e. The van der Waals surface area contributed by atoms with Gasteiger partial charge in [0.05, 0.1) is 6.61 Å². The first-order valence-electron chi connectivity index (χ1n) is 3.32. The zero-order valence-electron chi connectivity index (χ0n) is 6.44. The van der Waals surface area contributed by atoms with E-state index in [1.54, 1.807) is 7.11 Å². The van der Waals surface area contributed by atoms with E-state index in [0.717, 1.165) is 13.1 Å². The molecule has 0 rings (SSSR count). The van der Waals surface area contributed by atoms with Crippen molar-refractivity contribution in [3.8, 4) is 0 Å². The number of ether oxygens (including phenoxy) is 1. The first kappa shape index (κ1) is 9.65. The number of hydrogen-bond acceptors (Lipinski definition) is 2. The van der Waals surface area contributed by atoms with Gasteiger partial charge in [-0.25, -0.2) is 0 Å². The maximum atomic E-state index is 4.89. The molecular formula is C6H14N2OS. The van der Waals surface area contributed by atoms with Crippen LogP contribution in [-0.2, 0) is 4.74 Å². The molecule has 0 aliphatic heterocycles. The standard InChI is InChI=1S/C6H14N2OS/c1-3-7-6(10)8-4-5-9-2/h3-5H2,1-2H3,(H2,7,8,10). The maximum Gasteiger partial charge on any atom is 0.166 e. The lowest BCUT2D eigenvalue weighted by Crippen LogP contribution is -2.36. The van der Waals surface area contributed by atoms with Crippen molar-refractivity contribution >= 4 is 17.3 Å². The Morgan fingerprint density at radius 1 is 1.50 bits per heavy atom. The van der Waals surface area contributed by atoms with E-state index < -0.39 is 0 Å². The Morgan fingerprint density at radius 2 is 2.20 bits per heavy atom. The summed E-state index contributed by atoms with van der Waals surface area (Å²) in [4.78, 5) is 0. The van der Waals surface area contributed by atoms with Gasteiger partial charge in [0, 0.05) is 20.2 Å². The van der Waals surface area contributed by atoms with Crippen molar-refractivity contribution < 1.29 is 4.74 Å². The Balaban J connectivity index is 3.05. The highest BCUT2D eigenvalue weighted by atomic mass is 32.1. The average molecular weight is 162 g/mol. The third-order valence-corrected chi connectivity index (χ3v) is 1.22. The first-order valence-corrected chi connectivity index (χ1v) is 3.72. The van der Waals surface area contributed by atoms with Crippen LogP contribution >= 0.6 is 12.2 Å². The van der Waals surface area contributed by atoms with E-state index in [9.17, 15) is 0 Å². The van der Waals surface area contributed by atoms with Gasteiger partial charge in [-0.1, -0.05) is 0 Å². The third kappa shape index (κ3) is 5.78.